The van der Waals surface area contributed by atoms with Crippen molar-refractivity contribution in [3.05, 3.63) is 46.0 Å². The van der Waals surface area contributed by atoms with Crippen molar-refractivity contribution in [2.45, 2.75) is 137 Å². The van der Waals surface area contributed by atoms with Crippen molar-refractivity contribution in [3.8, 4) is 0 Å². The molecule has 9 heteroatoms. The smallest absolute Gasteiger partial charge is 0.306 e. The molecule has 8 unspecified atom stereocenters. The summed E-state index contributed by atoms with van der Waals surface area (Å²) in [7, 11) is 4.11. The van der Waals surface area contributed by atoms with E-state index in [1.165, 1.54) is 0 Å². The number of carbonyl (C=O) groups excluding carboxylic acids is 3. The molecule has 1 aromatic carbocycles. The first-order chi connectivity index (χ1) is 25.9. The Balaban J connectivity index is 1.28. The van der Waals surface area contributed by atoms with Crippen LogP contribution in [0.1, 0.15) is 124 Å². The molecule has 5 aliphatic rings. The highest BCUT2D eigenvalue weighted by Crippen LogP contribution is 2.73. The third kappa shape index (κ3) is 7.54. The van der Waals surface area contributed by atoms with Crippen LogP contribution >= 0.6 is 11.6 Å². The van der Waals surface area contributed by atoms with E-state index in [1.807, 2.05) is 38.1 Å². The number of nitrogens with two attached hydrogens (primary N) is 1. The Morgan fingerprint density at radius 3 is 2.33 bits per heavy atom. The van der Waals surface area contributed by atoms with Crippen LogP contribution in [0.25, 0.3) is 0 Å². The fourth-order valence-corrected chi connectivity index (χ4v) is 13.3. The number of benzene rings is 1. The summed E-state index contributed by atoms with van der Waals surface area (Å²) < 4.78 is 6.18. The number of rotatable bonds is 14. The second-order valence-corrected chi connectivity index (χ2v) is 20.3. The molecule has 0 amide bonds. The highest BCUT2D eigenvalue weighted by molar-refractivity contribution is 6.30. The lowest BCUT2D eigenvalue weighted by molar-refractivity contribution is -0.199. The van der Waals surface area contributed by atoms with Gasteiger partial charge in [0.15, 0.2) is 11.6 Å². The molecule has 55 heavy (non-hydrogen) atoms. The molecular formula is C46H70ClN3O5. The third-order valence-electron chi connectivity index (χ3n) is 15.9. The fourth-order valence-electron chi connectivity index (χ4n) is 13.2. The Bertz CT molecular complexity index is 1640. The van der Waals surface area contributed by atoms with Crippen LogP contribution in [0.4, 0.5) is 0 Å². The van der Waals surface area contributed by atoms with E-state index in [2.05, 4.69) is 51.6 Å². The molecule has 0 aliphatic heterocycles. The van der Waals surface area contributed by atoms with Gasteiger partial charge in [0.2, 0.25) is 0 Å². The second kappa shape index (κ2) is 15.9. The van der Waals surface area contributed by atoms with Crippen LogP contribution in [0.3, 0.4) is 0 Å². The van der Waals surface area contributed by atoms with Gasteiger partial charge in [0, 0.05) is 43.2 Å². The molecule has 6 rings (SSSR count). The van der Waals surface area contributed by atoms with Gasteiger partial charge in [0.05, 0.1) is 18.4 Å². The molecule has 0 aromatic heterocycles. The first kappa shape index (κ1) is 42.5. The van der Waals surface area contributed by atoms with Crippen molar-refractivity contribution in [3.63, 3.8) is 0 Å². The monoisotopic (exact) mass is 780 g/mol. The van der Waals surface area contributed by atoms with Crippen LogP contribution in [0.5, 0.6) is 0 Å². The molecule has 0 radical (unpaired) electrons. The van der Waals surface area contributed by atoms with E-state index in [1.54, 1.807) is 0 Å². The molecule has 0 bridgehead atoms. The van der Waals surface area contributed by atoms with Crippen LogP contribution in [0.2, 0.25) is 5.02 Å². The zero-order chi connectivity index (χ0) is 40.1. The molecule has 0 saturated heterocycles. The van der Waals surface area contributed by atoms with E-state index in [0.29, 0.717) is 36.2 Å². The molecule has 4 saturated carbocycles. The zero-order valence-corrected chi connectivity index (χ0v) is 35.9. The molecule has 1 aromatic rings. The predicted octanol–water partition coefficient (Wildman–Crippen LogP) is 8.02. The molecule has 4 fully saturated rings. The Kier molecular flexibility index (Phi) is 12.3. The van der Waals surface area contributed by atoms with E-state index in [0.717, 1.165) is 81.2 Å². The molecule has 0 spiro atoms. The van der Waals surface area contributed by atoms with Gasteiger partial charge in [-0.05, 0) is 147 Å². The predicted molar refractivity (Wildman–Crippen MR) is 219 cm³/mol. The van der Waals surface area contributed by atoms with Gasteiger partial charge >= 0.3 is 5.97 Å². The maximum absolute atomic E-state index is 15.1. The lowest BCUT2D eigenvalue weighted by atomic mass is 9.35. The van der Waals surface area contributed by atoms with Crippen molar-refractivity contribution in [2.75, 3.05) is 40.3 Å². The summed E-state index contributed by atoms with van der Waals surface area (Å²) in [4.78, 5) is 46.6. The number of allylic oxidation sites excluding steroid dienone is 1. The van der Waals surface area contributed by atoms with E-state index >= 15 is 4.79 Å². The number of hydrogen-bond donors (Lipinski definition) is 2. The third-order valence-corrected chi connectivity index (χ3v) is 16.2. The SMILES string of the molecule is CCC1=C2C(C(=O)CN(CCN(C)C)Cc3ccc(Cl)cc3)(CCC3C2(N)CCC2C3(CC)CC[C@H]3C(C)C(OC(=O)CC(C)(C)CO)CCC23C)CC1=O. The van der Waals surface area contributed by atoms with E-state index in [-0.39, 0.29) is 72.3 Å². The van der Waals surface area contributed by atoms with Crippen LogP contribution in [-0.4, -0.2) is 84.4 Å². The topological polar surface area (TPSA) is 113 Å². The quantitative estimate of drug-likeness (QED) is 0.183. The number of nitrogens with zero attached hydrogens (tertiary/aromatic N) is 2. The van der Waals surface area contributed by atoms with Crippen LogP contribution in [-0.2, 0) is 25.7 Å². The molecule has 5 aliphatic carbocycles. The number of aliphatic hydroxyl groups is 1. The molecular weight excluding hydrogens is 710 g/mol. The van der Waals surface area contributed by atoms with Crippen molar-refractivity contribution in [1.82, 2.24) is 9.80 Å². The Labute approximate surface area is 336 Å². The highest BCUT2D eigenvalue weighted by Gasteiger charge is 2.70. The number of hydrogen-bond acceptors (Lipinski definition) is 8. The van der Waals surface area contributed by atoms with Crippen molar-refractivity contribution in [1.29, 1.82) is 0 Å². The summed E-state index contributed by atoms with van der Waals surface area (Å²) in [5.74, 6) is 1.45. The number of esters is 1. The number of aliphatic hydroxyl groups excluding tert-OH is 1. The lowest BCUT2D eigenvalue weighted by Crippen LogP contribution is -2.70. The van der Waals surface area contributed by atoms with Gasteiger partial charge in [0.1, 0.15) is 6.10 Å². The minimum absolute atomic E-state index is 0.0195. The number of ether oxygens (including phenoxy) is 1. The Hall–Kier alpha value is -2.10. The summed E-state index contributed by atoms with van der Waals surface area (Å²) in [6.45, 7) is 15.5. The first-order valence-corrected chi connectivity index (χ1v) is 21.8. The Morgan fingerprint density at radius 2 is 1.69 bits per heavy atom. The molecule has 0 heterocycles. The van der Waals surface area contributed by atoms with Gasteiger partial charge in [-0.15, -0.1) is 0 Å². The summed E-state index contributed by atoms with van der Waals surface area (Å²) >= 11 is 6.22. The maximum atomic E-state index is 15.1. The van der Waals surface area contributed by atoms with E-state index in [9.17, 15) is 14.7 Å². The zero-order valence-electron chi connectivity index (χ0n) is 35.1. The molecule has 8 nitrogen and oxygen atoms in total. The average molecular weight is 781 g/mol. The van der Waals surface area contributed by atoms with Gasteiger partial charge in [-0.2, -0.15) is 0 Å². The van der Waals surface area contributed by atoms with Gasteiger partial charge in [0.25, 0.3) is 0 Å². The van der Waals surface area contributed by atoms with Gasteiger partial charge < -0.3 is 20.5 Å². The number of carbonyl (C=O) groups is 3. The summed E-state index contributed by atoms with van der Waals surface area (Å²) in [5, 5.41) is 10.4. The van der Waals surface area contributed by atoms with Crippen LogP contribution < -0.4 is 5.73 Å². The summed E-state index contributed by atoms with van der Waals surface area (Å²) in [6, 6.07) is 7.87. The van der Waals surface area contributed by atoms with Crippen molar-refractivity contribution < 1.29 is 24.2 Å². The van der Waals surface area contributed by atoms with Crippen LogP contribution in [0.15, 0.2) is 35.4 Å². The van der Waals surface area contributed by atoms with Crippen molar-refractivity contribution in [2.24, 2.45) is 51.1 Å². The second-order valence-electron chi connectivity index (χ2n) is 19.8. The van der Waals surface area contributed by atoms with Gasteiger partial charge in [-0.25, -0.2) is 0 Å². The normalized spacial score (nSPS) is 36.0. The standard InChI is InChI=1S/C46H70ClN3O5/c1-9-33-35(52)25-45(39(53)28-50(24-23-49(7)8)27-31-11-13-32(47)14-12-31)21-17-38-44(10-2)20-15-34-30(3)36(55-40(54)26-42(4,5)29-51)16-19-43(34,6)37(44)18-22-46(38,48)41(33)45/h11-14,30,34,36-38,51H,9-10,15-29,48H2,1-8H3/t30?,34-,36?,37?,38?,43?,44?,45?,46?/m0/s1. The molecule has 3 N–H and O–H groups in total. The summed E-state index contributed by atoms with van der Waals surface area (Å²) in [6.07, 6.45) is 9.37. The molecule has 306 valence electrons. The van der Waals surface area contributed by atoms with Crippen LogP contribution in [0, 0.1) is 45.3 Å². The fraction of sp³-hybridized carbons (Fsp3) is 0.761. The van der Waals surface area contributed by atoms with Gasteiger partial charge in [-0.1, -0.05) is 65.3 Å². The number of ketones is 2. The summed E-state index contributed by atoms with van der Waals surface area (Å²) in [5.41, 5.74) is 8.99. The number of Topliss-reactive ketones (excluding diaryl/α,β-unsaturated/α-hetero) is 2. The lowest BCUT2D eigenvalue weighted by Gasteiger charge is -2.70. The number of likely N-dealkylation sites (N-methyl/N-ethyl adjacent to an activating group) is 1. The maximum Gasteiger partial charge on any atom is 0.306 e. The number of halogens is 1. The number of fused-ring (bicyclic) bond motifs is 7. The average Bonchev–Trinajstić information content (AvgIpc) is 3.45. The minimum atomic E-state index is -0.839. The minimum Gasteiger partial charge on any atom is -0.462 e. The van der Waals surface area contributed by atoms with Crippen molar-refractivity contribution >= 4 is 29.1 Å². The highest BCUT2D eigenvalue weighted by atomic mass is 35.5. The van der Waals surface area contributed by atoms with E-state index in [4.69, 9.17) is 22.1 Å². The largest absolute Gasteiger partial charge is 0.462 e. The first-order valence-electron chi connectivity index (χ1n) is 21.4. The molecule has 9 atom stereocenters. The Morgan fingerprint density at radius 1 is 1.00 bits per heavy atom. The van der Waals surface area contributed by atoms with Gasteiger partial charge in [-0.3, -0.25) is 19.3 Å². The van der Waals surface area contributed by atoms with E-state index < -0.39 is 16.4 Å².